The smallest absolute Gasteiger partial charge is 0.238 e. The number of fused-ring (bicyclic) bond motifs is 1. The van der Waals surface area contributed by atoms with Crippen LogP contribution in [0.4, 0.5) is 5.69 Å². The number of nitrogens with zero attached hydrogens (tertiary/aromatic N) is 1. The number of piperidine rings is 1. The molecule has 1 aliphatic carbocycles. The third-order valence-electron chi connectivity index (χ3n) is 6.98. The van der Waals surface area contributed by atoms with Crippen molar-refractivity contribution >= 4 is 34.8 Å². The van der Waals surface area contributed by atoms with Crippen molar-refractivity contribution in [2.75, 3.05) is 32.6 Å². The van der Waals surface area contributed by atoms with Crippen LogP contribution in [0.25, 0.3) is 0 Å². The lowest BCUT2D eigenvalue weighted by molar-refractivity contribution is -0.135. The Hall–Kier alpha value is -1.99. The Balaban J connectivity index is 1.64. The molecule has 33 heavy (non-hydrogen) atoms. The molecule has 6 nitrogen and oxygen atoms in total. The molecule has 2 N–H and O–H groups in total. The zero-order chi connectivity index (χ0) is 23.6. The van der Waals surface area contributed by atoms with Crippen molar-refractivity contribution < 1.29 is 19.4 Å². The summed E-state index contributed by atoms with van der Waals surface area (Å²) >= 11 is 12.2. The van der Waals surface area contributed by atoms with Crippen LogP contribution >= 0.6 is 23.2 Å². The lowest BCUT2D eigenvalue weighted by Crippen LogP contribution is -2.56. The summed E-state index contributed by atoms with van der Waals surface area (Å²) in [5.41, 5.74) is 0.747. The van der Waals surface area contributed by atoms with E-state index in [0.29, 0.717) is 40.2 Å². The number of hydrogen-bond donors (Lipinski definition) is 2. The topological polar surface area (TPSA) is 71.0 Å². The molecule has 1 aliphatic heterocycles. The summed E-state index contributed by atoms with van der Waals surface area (Å²) in [5.74, 6) is 1.24. The second-order valence-corrected chi connectivity index (χ2v) is 9.75. The Kier molecular flexibility index (Phi) is 7.39. The van der Waals surface area contributed by atoms with Crippen molar-refractivity contribution in [2.24, 2.45) is 5.92 Å². The van der Waals surface area contributed by atoms with Crippen LogP contribution in [0.2, 0.25) is 10.0 Å². The van der Waals surface area contributed by atoms with Gasteiger partial charge in [0.2, 0.25) is 5.91 Å². The molecule has 1 saturated heterocycles. The molecule has 3 atom stereocenters. The predicted molar refractivity (Wildman–Crippen MR) is 130 cm³/mol. The zero-order valence-electron chi connectivity index (χ0n) is 18.9. The van der Waals surface area contributed by atoms with Gasteiger partial charge in [-0.05, 0) is 43.5 Å². The zero-order valence-corrected chi connectivity index (χ0v) is 20.5. The van der Waals surface area contributed by atoms with Gasteiger partial charge in [-0.1, -0.05) is 42.1 Å². The number of hydrogen-bond acceptors (Lipinski definition) is 5. The normalized spacial score (nSPS) is 25.2. The van der Waals surface area contributed by atoms with E-state index in [-0.39, 0.29) is 24.4 Å². The molecule has 1 saturated carbocycles. The molecule has 178 valence electrons. The van der Waals surface area contributed by atoms with Crippen molar-refractivity contribution in [3.63, 3.8) is 0 Å². The molecule has 0 radical (unpaired) electrons. The fraction of sp³-hybridized carbons (Fsp3) is 0.480. The maximum absolute atomic E-state index is 13.0. The van der Waals surface area contributed by atoms with Crippen molar-refractivity contribution in [3.8, 4) is 11.5 Å². The summed E-state index contributed by atoms with van der Waals surface area (Å²) in [7, 11) is 3.25. The number of amides is 1. The minimum Gasteiger partial charge on any atom is -0.497 e. The number of nitrogens with one attached hydrogen (secondary N) is 1. The summed E-state index contributed by atoms with van der Waals surface area (Å²) in [5, 5.41) is 15.3. The molecule has 1 heterocycles. The van der Waals surface area contributed by atoms with Crippen LogP contribution < -0.4 is 14.8 Å². The van der Waals surface area contributed by atoms with E-state index in [2.05, 4.69) is 10.2 Å². The minimum atomic E-state index is -0.736. The molecular formula is C25H30Cl2N2O4. The van der Waals surface area contributed by atoms with Crippen LogP contribution in [0, 0.1) is 5.92 Å². The number of aliphatic hydroxyl groups is 1. The molecule has 2 aromatic carbocycles. The lowest BCUT2D eigenvalue weighted by Gasteiger charge is -2.52. The number of methoxy groups -OCH3 is 2. The molecule has 0 spiro atoms. The third-order valence-corrected chi connectivity index (χ3v) is 7.53. The van der Waals surface area contributed by atoms with E-state index >= 15 is 0 Å². The molecule has 4 rings (SSSR count). The number of carbonyl (C=O) groups is 1. The van der Waals surface area contributed by atoms with E-state index in [1.54, 1.807) is 32.4 Å². The van der Waals surface area contributed by atoms with Crippen LogP contribution in [0.3, 0.4) is 0 Å². The van der Waals surface area contributed by atoms with Gasteiger partial charge >= 0.3 is 0 Å². The number of benzene rings is 2. The Labute approximate surface area is 204 Å². The van der Waals surface area contributed by atoms with E-state index in [1.807, 2.05) is 18.2 Å². The maximum Gasteiger partial charge on any atom is 0.238 e. The van der Waals surface area contributed by atoms with E-state index in [1.165, 1.54) is 0 Å². The van der Waals surface area contributed by atoms with E-state index in [9.17, 15) is 9.90 Å². The number of halogens is 2. The highest BCUT2D eigenvalue weighted by Crippen LogP contribution is 2.51. The molecule has 1 amide bonds. The van der Waals surface area contributed by atoms with Gasteiger partial charge in [0.1, 0.15) is 11.5 Å². The first-order valence-corrected chi connectivity index (χ1v) is 12.0. The molecule has 2 fully saturated rings. The van der Waals surface area contributed by atoms with Crippen molar-refractivity contribution in [1.82, 2.24) is 4.90 Å². The van der Waals surface area contributed by atoms with E-state index in [0.717, 1.165) is 31.2 Å². The summed E-state index contributed by atoms with van der Waals surface area (Å²) in [4.78, 5) is 15.2. The predicted octanol–water partition coefficient (Wildman–Crippen LogP) is 5.32. The third kappa shape index (κ3) is 5.09. The molecule has 8 heteroatoms. The number of carbonyl (C=O) groups excluding carboxylic acids is 1. The number of likely N-dealkylation sites (tertiary alicyclic amines) is 1. The Morgan fingerprint density at radius 1 is 1.15 bits per heavy atom. The summed E-state index contributed by atoms with van der Waals surface area (Å²) in [6.07, 6.45) is 4.41. The van der Waals surface area contributed by atoms with Gasteiger partial charge in [0.25, 0.3) is 0 Å². The van der Waals surface area contributed by atoms with Gasteiger partial charge in [0.15, 0.2) is 0 Å². The molecule has 2 aliphatic rings. The molecule has 2 aromatic rings. The highest BCUT2D eigenvalue weighted by Gasteiger charge is 2.49. The molecular weight excluding hydrogens is 463 g/mol. The molecule has 0 bridgehead atoms. The van der Waals surface area contributed by atoms with Crippen LogP contribution in [0.5, 0.6) is 11.5 Å². The SMILES string of the molecule is COc1ccc([C@H]2[C@@H]3CCCC[C@]3(O)CCN2CC(=O)Nc2ccc(Cl)cc2Cl)c(OC)c1. The summed E-state index contributed by atoms with van der Waals surface area (Å²) in [6, 6.07) is 10.6. The minimum absolute atomic E-state index is 0.00853. The van der Waals surface area contributed by atoms with Crippen molar-refractivity contribution in [2.45, 2.75) is 43.7 Å². The number of anilines is 1. The maximum atomic E-state index is 13.0. The number of ether oxygens (including phenoxy) is 2. The Bertz CT molecular complexity index is 1020. The van der Waals surface area contributed by atoms with Crippen molar-refractivity contribution in [1.29, 1.82) is 0 Å². The van der Waals surface area contributed by atoms with Crippen molar-refractivity contribution in [3.05, 3.63) is 52.0 Å². The average molecular weight is 493 g/mol. The Morgan fingerprint density at radius 2 is 1.97 bits per heavy atom. The lowest BCUT2D eigenvalue weighted by atomic mass is 9.66. The fourth-order valence-corrected chi connectivity index (χ4v) is 5.82. The van der Waals surface area contributed by atoms with Gasteiger partial charge < -0.3 is 19.9 Å². The van der Waals surface area contributed by atoms with Crippen LogP contribution in [-0.4, -0.2) is 48.8 Å². The van der Waals surface area contributed by atoms with Gasteiger partial charge in [0.05, 0.1) is 37.1 Å². The van der Waals surface area contributed by atoms with Gasteiger partial charge in [-0.25, -0.2) is 0 Å². The molecule has 0 aromatic heterocycles. The first kappa shape index (κ1) is 24.1. The highest BCUT2D eigenvalue weighted by molar-refractivity contribution is 6.36. The van der Waals surface area contributed by atoms with E-state index in [4.69, 9.17) is 32.7 Å². The molecule has 0 unspecified atom stereocenters. The largest absolute Gasteiger partial charge is 0.497 e. The average Bonchev–Trinajstić information content (AvgIpc) is 2.80. The highest BCUT2D eigenvalue weighted by atomic mass is 35.5. The van der Waals surface area contributed by atoms with Gasteiger partial charge in [-0.3, -0.25) is 9.69 Å². The Morgan fingerprint density at radius 3 is 2.70 bits per heavy atom. The van der Waals surface area contributed by atoms with E-state index < -0.39 is 5.60 Å². The van der Waals surface area contributed by atoms with Crippen LogP contribution in [-0.2, 0) is 4.79 Å². The van der Waals surface area contributed by atoms with Gasteiger partial charge in [-0.15, -0.1) is 0 Å². The summed E-state index contributed by atoms with van der Waals surface area (Å²) < 4.78 is 11.1. The first-order chi connectivity index (χ1) is 15.8. The standard InChI is InChI=1S/C25H30Cl2N2O4/c1-32-17-7-8-18(22(14-17)33-2)24-19-5-3-4-10-25(19,31)11-12-29(24)15-23(30)28-21-9-6-16(26)13-20(21)27/h6-9,13-14,19,24,31H,3-5,10-12,15H2,1-2H3,(H,28,30)/t19-,24-,25-/m0/s1. The second-order valence-electron chi connectivity index (χ2n) is 8.90. The first-order valence-electron chi connectivity index (χ1n) is 11.3. The van der Waals surface area contributed by atoms with Crippen LogP contribution in [0.1, 0.15) is 43.7 Å². The summed E-state index contributed by atoms with van der Waals surface area (Å²) in [6.45, 7) is 0.778. The second kappa shape index (κ2) is 10.1. The number of rotatable bonds is 6. The quantitative estimate of drug-likeness (QED) is 0.570. The van der Waals surface area contributed by atoms with Crippen LogP contribution in [0.15, 0.2) is 36.4 Å². The van der Waals surface area contributed by atoms with Gasteiger partial charge in [-0.2, -0.15) is 0 Å². The monoisotopic (exact) mass is 492 g/mol. The van der Waals surface area contributed by atoms with Gasteiger partial charge in [0, 0.05) is 35.2 Å². The fourth-order valence-electron chi connectivity index (χ4n) is 5.36.